The lowest BCUT2D eigenvalue weighted by molar-refractivity contribution is -0.137. The first-order chi connectivity index (χ1) is 13.8. The summed E-state index contributed by atoms with van der Waals surface area (Å²) in [7, 11) is 1.37. The summed E-state index contributed by atoms with van der Waals surface area (Å²) in [5, 5.41) is 18.5. The zero-order valence-corrected chi connectivity index (χ0v) is 15.6. The Morgan fingerprint density at radius 2 is 1.93 bits per heavy atom. The smallest absolute Gasteiger partial charge is 0.416 e. The van der Waals surface area contributed by atoms with Crippen molar-refractivity contribution in [3.8, 4) is 17.0 Å². The van der Waals surface area contributed by atoms with Gasteiger partial charge in [0.1, 0.15) is 11.9 Å². The molecular formula is C20H18F3N3O3. The van der Waals surface area contributed by atoms with Crippen molar-refractivity contribution in [3.05, 3.63) is 71.2 Å². The van der Waals surface area contributed by atoms with Gasteiger partial charge in [-0.1, -0.05) is 6.07 Å². The summed E-state index contributed by atoms with van der Waals surface area (Å²) in [4.78, 5) is 3.95. The fraction of sp³-hybridized carbons (Fsp3) is 0.250. The molecule has 1 aromatic carbocycles. The molecule has 0 aliphatic heterocycles. The summed E-state index contributed by atoms with van der Waals surface area (Å²) in [5.41, 5.74) is 0.992. The van der Waals surface area contributed by atoms with Crippen LogP contribution in [0.15, 0.2) is 48.8 Å². The second kappa shape index (κ2) is 8.54. The topological polar surface area (TPSA) is 77.4 Å². The van der Waals surface area contributed by atoms with E-state index in [1.54, 1.807) is 30.5 Å². The summed E-state index contributed by atoms with van der Waals surface area (Å²) in [6, 6.07) is 8.43. The molecule has 3 rings (SSSR count). The van der Waals surface area contributed by atoms with Crippen molar-refractivity contribution in [2.75, 3.05) is 13.9 Å². The number of halogens is 3. The van der Waals surface area contributed by atoms with Crippen LogP contribution in [0.3, 0.4) is 0 Å². The van der Waals surface area contributed by atoms with Crippen molar-refractivity contribution in [2.45, 2.75) is 19.2 Å². The van der Waals surface area contributed by atoms with Crippen LogP contribution in [0.25, 0.3) is 11.3 Å². The number of nitrogens with zero attached hydrogens (tertiary/aromatic N) is 3. The SMILES string of the molecule is COCOc1cc(C(F)(F)F)cc(C)c1-c1ccc(C(O)c2cccnc2)nn1. The lowest BCUT2D eigenvalue weighted by atomic mass is 10.00. The Morgan fingerprint density at radius 3 is 2.52 bits per heavy atom. The summed E-state index contributed by atoms with van der Waals surface area (Å²) in [6.45, 7) is 1.31. The van der Waals surface area contributed by atoms with E-state index in [1.165, 1.54) is 20.2 Å². The van der Waals surface area contributed by atoms with E-state index in [2.05, 4.69) is 15.2 Å². The summed E-state index contributed by atoms with van der Waals surface area (Å²) >= 11 is 0. The first-order valence-corrected chi connectivity index (χ1v) is 8.57. The molecular weight excluding hydrogens is 387 g/mol. The maximum Gasteiger partial charge on any atom is 0.416 e. The van der Waals surface area contributed by atoms with Crippen molar-refractivity contribution in [2.24, 2.45) is 0 Å². The third-order valence-electron chi connectivity index (χ3n) is 4.18. The number of rotatable bonds is 6. The summed E-state index contributed by atoms with van der Waals surface area (Å²) in [5.74, 6) is -0.0194. The van der Waals surface area contributed by atoms with Crippen molar-refractivity contribution in [3.63, 3.8) is 0 Å². The Balaban J connectivity index is 1.99. The fourth-order valence-electron chi connectivity index (χ4n) is 2.81. The number of hydrogen-bond acceptors (Lipinski definition) is 6. The molecule has 9 heteroatoms. The number of aliphatic hydroxyl groups excluding tert-OH is 1. The van der Waals surface area contributed by atoms with Crippen molar-refractivity contribution in [1.29, 1.82) is 0 Å². The minimum absolute atomic E-state index is 0.0194. The van der Waals surface area contributed by atoms with Gasteiger partial charge in [0, 0.05) is 30.6 Å². The van der Waals surface area contributed by atoms with Gasteiger partial charge in [-0.25, -0.2) is 0 Å². The van der Waals surface area contributed by atoms with Crippen LogP contribution in [-0.4, -0.2) is 34.2 Å². The minimum atomic E-state index is -4.52. The molecule has 6 nitrogen and oxygen atoms in total. The summed E-state index contributed by atoms with van der Waals surface area (Å²) in [6.07, 6.45) is -2.45. The van der Waals surface area contributed by atoms with Crippen LogP contribution in [0.4, 0.5) is 13.2 Å². The highest BCUT2D eigenvalue weighted by molar-refractivity contribution is 5.71. The first kappa shape index (κ1) is 20.7. The molecule has 0 saturated heterocycles. The van der Waals surface area contributed by atoms with Gasteiger partial charge in [-0.3, -0.25) is 4.98 Å². The van der Waals surface area contributed by atoms with Gasteiger partial charge >= 0.3 is 6.18 Å². The highest BCUT2D eigenvalue weighted by Gasteiger charge is 2.32. The van der Waals surface area contributed by atoms with Crippen LogP contribution in [-0.2, 0) is 10.9 Å². The molecule has 2 aromatic heterocycles. The van der Waals surface area contributed by atoms with E-state index in [-0.39, 0.29) is 18.2 Å². The van der Waals surface area contributed by atoms with Crippen molar-refractivity contribution >= 4 is 0 Å². The van der Waals surface area contributed by atoms with Gasteiger partial charge in [-0.05, 0) is 42.8 Å². The number of aromatic nitrogens is 3. The van der Waals surface area contributed by atoms with Crippen LogP contribution >= 0.6 is 0 Å². The molecule has 0 saturated carbocycles. The molecule has 0 spiro atoms. The molecule has 2 heterocycles. The highest BCUT2D eigenvalue weighted by Crippen LogP contribution is 2.39. The lowest BCUT2D eigenvalue weighted by Crippen LogP contribution is -2.09. The number of methoxy groups -OCH3 is 1. The number of alkyl halides is 3. The molecule has 29 heavy (non-hydrogen) atoms. The minimum Gasteiger partial charge on any atom is -0.467 e. The number of aliphatic hydroxyl groups is 1. The van der Waals surface area contributed by atoms with Gasteiger partial charge in [0.2, 0.25) is 0 Å². The largest absolute Gasteiger partial charge is 0.467 e. The Kier molecular flexibility index (Phi) is 6.09. The van der Waals surface area contributed by atoms with E-state index in [4.69, 9.17) is 9.47 Å². The third-order valence-corrected chi connectivity index (χ3v) is 4.18. The Labute approximate surface area is 165 Å². The molecule has 0 fully saturated rings. The van der Waals surface area contributed by atoms with Crippen LogP contribution in [0.2, 0.25) is 0 Å². The van der Waals surface area contributed by atoms with Crippen LogP contribution in [0, 0.1) is 6.92 Å². The second-order valence-electron chi connectivity index (χ2n) is 6.25. The highest BCUT2D eigenvalue weighted by atomic mass is 19.4. The average Bonchev–Trinajstić information content (AvgIpc) is 2.71. The molecule has 1 unspecified atom stereocenters. The second-order valence-corrected chi connectivity index (χ2v) is 6.25. The Morgan fingerprint density at radius 1 is 1.14 bits per heavy atom. The number of aryl methyl sites for hydroxylation is 1. The maximum absolute atomic E-state index is 13.2. The first-order valence-electron chi connectivity index (χ1n) is 8.57. The molecule has 0 bridgehead atoms. The number of ether oxygens (including phenoxy) is 2. The zero-order valence-electron chi connectivity index (χ0n) is 15.6. The van der Waals surface area contributed by atoms with Crippen LogP contribution < -0.4 is 4.74 Å². The van der Waals surface area contributed by atoms with E-state index in [0.717, 1.165) is 12.1 Å². The van der Waals surface area contributed by atoms with Gasteiger partial charge in [-0.15, -0.1) is 0 Å². The van der Waals surface area contributed by atoms with E-state index < -0.39 is 17.8 Å². The molecule has 3 aromatic rings. The quantitative estimate of drug-likeness (QED) is 0.626. The van der Waals surface area contributed by atoms with Crippen molar-refractivity contribution in [1.82, 2.24) is 15.2 Å². The predicted octanol–water partition coefficient (Wildman–Crippen LogP) is 3.93. The van der Waals surface area contributed by atoms with Gasteiger partial charge in [0.05, 0.1) is 17.0 Å². The van der Waals surface area contributed by atoms with Crippen LogP contribution in [0.5, 0.6) is 5.75 Å². The molecule has 1 atom stereocenters. The third kappa shape index (κ3) is 4.69. The van der Waals surface area contributed by atoms with Crippen molar-refractivity contribution < 1.29 is 27.8 Å². The van der Waals surface area contributed by atoms with E-state index in [9.17, 15) is 18.3 Å². The maximum atomic E-state index is 13.2. The van der Waals surface area contributed by atoms with Gasteiger partial charge in [0.15, 0.2) is 6.79 Å². The molecule has 0 radical (unpaired) electrons. The molecule has 1 N–H and O–H groups in total. The number of hydrogen-bond donors (Lipinski definition) is 1. The Hall–Kier alpha value is -3.04. The number of pyridine rings is 1. The van der Waals surface area contributed by atoms with E-state index >= 15 is 0 Å². The fourth-order valence-corrected chi connectivity index (χ4v) is 2.81. The molecule has 0 amide bonds. The molecule has 0 aliphatic carbocycles. The van der Waals surface area contributed by atoms with E-state index in [1.807, 2.05) is 0 Å². The predicted molar refractivity (Wildman–Crippen MR) is 98.0 cm³/mol. The van der Waals surface area contributed by atoms with Gasteiger partial charge in [-0.2, -0.15) is 23.4 Å². The zero-order chi connectivity index (χ0) is 21.0. The standard InChI is InChI=1S/C20H18F3N3O3/c1-12-8-14(20(21,22)23)9-17(29-11-28-2)18(12)15-5-6-16(26-25-15)19(27)13-4-3-7-24-10-13/h3-10,19,27H,11H2,1-2H3. The average molecular weight is 405 g/mol. The van der Waals surface area contributed by atoms with Crippen LogP contribution in [0.1, 0.15) is 28.5 Å². The van der Waals surface area contributed by atoms with Gasteiger partial charge < -0.3 is 14.6 Å². The monoisotopic (exact) mass is 405 g/mol. The molecule has 0 aliphatic rings. The van der Waals surface area contributed by atoms with Gasteiger partial charge in [0.25, 0.3) is 0 Å². The molecule has 152 valence electrons. The van der Waals surface area contributed by atoms with E-state index in [0.29, 0.717) is 22.4 Å². The Bertz CT molecular complexity index is 964. The summed E-state index contributed by atoms with van der Waals surface area (Å²) < 4.78 is 49.7. The number of benzene rings is 1. The normalized spacial score (nSPS) is 12.6. The lowest BCUT2D eigenvalue weighted by Gasteiger charge is -2.17.